The Kier molecular flexibility index (Phi) is 3.62. The summed E-state index contributed by atoms with van der Waals surface area (Å²) in [5.74, 6) is 0. The van der Waals surface area contributed by atoms with Gasteiger partial charge < -0.3 is 16.0 Å². The normalized spacial score (nSPS) is 10.9. The van der Waals surface area contributed by atoms with Crippen LogP contribution in [0.1, 0.15) is 16.7 Å². The van der Waals surface area contributed by atoms with Gasteiger partial charge in [0, 0.05) is 16.3 Å². The van der Waals surface area contributed by atoms with Gasteiger partial charge in [0.15, 0.2) is 0 Å². The molecule has 0 amide bonds. The second kappa shape index (κ2) is 5.57. The van der Waals surface area contributed by atoms with Gasteiger partial charge in [0.05, 0.1) is 28.6 Å². The van der Waals surface area contributed by atoms with E-state index >= 15 is 0 Å². The van der Waals surface area contributed by atoms with Crippen LogP contribution < -0.4 is 16.6 Å². The lowest BCUT2D eigenvalue weighted by Crippen LogP contribution is -2.08. The van der Waals surface area contributed by atoms with Crippen LogP contribution in [0.25, 0.3) is 10.9 Å². The number of hydrogen-bond acceptors (Lipinski definition) is 5. The standard InChI is InChI=1S/C15H16N4OS/c1-2-9-3-4-10(21-9)7-17-14-6-13-11(5-12(14)16)15(20)19-8-18-13/h3-6,8,17H,2,7,16H2,1H3,(H,18,19,20). The first kappa shape index (κ1) is 13.6. The van der Waals surface area contributed by atoms with Crippen LogP contribution in [0.3, 0.4) is 0 Å². The molecule has 21 heavy (non-hydrogen) atoms. The number of H-pyrrole nitrogens is 1. The molecule has 0 spiro atoms. The Hall–Kier alpha value is -2.34. The van der Waals surface area contributed by atoms with E-state index in [-0.39, 0.29) is 5.56 Å². The highest BCUT2D eigenvalue weighted by Gasteiger charge is 2.06. The molecule has 0 aliphatic rings. The van der Waals surface area contributed by atoms with Crippen LogP contribution in [0, 0.1) is 0 Å². The van der Waals surface area contributed by atoms with E-state index in [1.54, 1.807) is 17.4 Å². The van der Waals surface area contributed by atoms with Crippen molar-refractivity contribution < 1.29 is 0 Å². The highest BCUT2D eigenvalue weighted by atomic mass is 32.1. The lowest BCUT2D eigenvalue weighted by atomic mass is 10.2. The maximum Gasteiger partial charge on any atom is 0.258 e. The minimum atomic E-state index is -0.177. The summed E-state index contributed by atoms with van der Waals surface area (Å²) < 4.78 is 0. The molecule has 5 nitrogen and oxygen atoms in total. The van der Waals surface area contributed by atoms with E-state index in [1.807, 2.05) is 6.07 Å². The van der Waals surface area contributed by atoms with Gasteiger partial charge in [-0.15, -0.1) is 11.3 Å². The first-order valence-electron chi connectivity index (χ1n) is 6.75. The smallest absolute Gasteiger partial charge is 0.258 e. The summed E-state index contributed by atoms with van der Waals surface area (Å²) >= 11 is 1.79. The second-order valence-electron chi connectivity index (χ2n) is 4.76. The van der Waals surface area contributed by atoms with Gasteiger partial charge >= 0.3 is 0 Å². The van der Waals surface area contributed by atoms with Gasteiger partial charge in [-0.25, -0.2) is 4.98 Å². The van der Waals surface area contributed by atoms with E-state index in [9.17, 15) is 4.79 Å². The number of fused-ring (bicyclic) bond motifs is 1. The first-order chi connectivity index (χ1) is 10.2. The number of nitrogen functional groups attached to an aromatic ring is 1. The van der Waals surface area contributed by atoms with Gasteiger partial charge in [0.25, 0.3) is 5.56 Å². The van der Waals surface area contributed by atoms with E-state index in [4.69, 9.17) is 5.73 Å². The molecule has 108 valence electrons. The van der Waals surface area contributed by atoms with Gasteiger partial charge in [0.2, 0.25) is 0 Å². The summed E-state index contributed by atoms with van der Waals surface area (Å²) in [5, 5.41) is 3.82. The van der Waals surface area contributed by atoms with Crippen LogP contribution >= 0.6 is 11.3 Å². The third-order valence-corrected chi connectivity index (χ3v) is 4.56. The number of hydrogen-bond donors (Lipinski definition) is 3. The van der Waals surface area contributed by atoms with Crippen molar-refractivity contribution in [2.24, 2.45) is 0 Å². The van der Waals surface area contributed by atoms with E-state index in [1.165, 1.54) is 16.1 Å². The number of aromatic nitrogens is 2. The van der Waals surface area contributed by atoms with Crippen LogP contribution in [-0.4, -0.2) is 9.97 Å². The van der Waals surface area contributed by atoms with Gasteiger partial charge in [0.1, 0.15) is 0 Å². The summed E-state index contributed by atoms with van der Waals surface area (Å²) in [5.41, 5.74) is 7.82. The Morgan fingerprint density at radius 1 is 1.33 bits per heavy atom. The fraction of sp³-hybridized carbons (Fsp3) is 0.200. The van der Waals surface area contributed by atoms with Crippen molar-refractivity contribution in [1.82, 2.24) is 9.97 Å². The van der Waals surface area contributed by atoms with Gasteiger partial charge in [-0.3, -0.25) is 4.79 Å². The van der Waals surface area contributed by atoms with Crippen molar-refractivity contribution in [3.8, 4) is 0 Å². The van der Waals surface area contributed by atoms with E-state index in [0.717, 1.165) is 12.1 Å². The fourth-order valence-corrected chi connectivity index (χ4v) is 3.07. The number of nitrogens with zero attached hydrogens (tertiary/aromatic N) is 1. The number of aromatic amines is 1. The largest absolute Gasteiger partial charge is 0.397 e. The highest BCUT2D eigenvalue weighted by Crippen LogP contribution is 2.25. The number of rotatable bonds is 4. The number of anilines is 2. The number of nitrogens with two attached hydrogens (primary N) is 1. The van der Waals surface area contributed by atoms with Crippen molar-refractivity contribution in [1.29, 1.82) is 0 Å². The Morgan fingerprint density at radius 3 is 2.90 bits per heavy atom. The number of thiophene rings is 1. The van der Waals surface area contributed by atoms with Gasteiger partial charge in [-0.05, 0) is 30.7 Å². The quantitative estimate of drug-likeness (QED) is 0.647. The molecule has 3 aromatic rings. The molecule has 2 aromatic heterocycles. The van der Waals surface area contributed by atoms with Crippen molar-refractivity contribution in [3.05, 3.63) is 50.7 Å². The highest BCUT2D eigenvalue weighted by molar-refractivity contribution is 7.12. The second-order valence-corrected chi connectivity index (χ2v) is 6.02. The average molecular weight is 300 g/mol. The lowest BCUT2D eigenvalue weighted by Gasteiger charge is -2.09. The van der Waals surface area contributed by atoms with E-state index in [2.05, 4.69) is 34.3 Å². The monoisotopic (exact) mass is 300 g/mol. The van der Waals surface area contributed by atoms with Crippen LogP contribution in [0.5, 0.6) is 0 Å². The molecular weight excluding hydrogens is 284 g/mol. The van der Waals surface area contributed by atoms with Crippen LogP contribution in [-0.2, 0) is 13.0 Å². The van der Waals surface area contributed by atoms with Crippen LogP contribution in [0.4, 0.5) is 11.4 Å². The summed E-state index contributed by atoms with van der Waals surface area (Å²) in [6, 6.07) is 7.74. The Morgan fingerprint density at radius 2 is 2.14 bits per heavy atom. The Bertz CT molecular complexity index is 837. The summed E-state index contributed by atoms with van der Waals surface area (Å²) in [6.07, 6.45) is 2.45. The molecule has 0 aliphatic carbocycles. The SMILES string of the molecule is CCc1ccc(CNc2cc3nc[nH]c(=O)c3cc2N)s1. The van der Waals surface area contributed by atoms with Crippen LogP contribution in [0.2, 0.25) is 0 Å². The molecule has 0 unspecified atom stereocenters. The summed E-state index contributed by atoms with van der Waals surface area (Å²) in [7, 11) is 0. The molecule has 4 N–H and O–H groups in total. The molecule has 6 heteroatoms. The molecule has 0 atom stereocenters. The minimum Gasteiger partial charge on any atom is -0.397 e. The zero-order valence-corrected chi connectivity index (χ0v) is 12.5. The molecule has 0 aliphatic heterocycles. The average Bonchev–Trinajstić information content (AvgIpc) is 2.94. The molecule has 1 aromatic carbocycles. The summed E-state index contributed by atoms with van der Waals surface area (Å²) in [6.45, 7) is 2.86. The van der Waals surface area contributed by atoms with Crippen LogP contribution in [0.15, 0.2) is 35.4 Å². The topological polar surface area (TPSA) is 83.8 Å². The van der Waals surface area contributed by atoms with E-state index < -0.39 is 0 Å². The predicted molar refractivity (Wildman–Crippen MR) is 87.8 cm³/mol. The Labute approximate surface area is 125 Å². The molecular formula is C15H16N4OS. The van der Waals surface area contributed by atoms with Gasteiger partial charge in [-0.2, -0.15) is 0 Å². The van der Waals surface area contributed by atoms with Gasteiger partial charge in [-0.1, -0.05) is 6.92 Å². The van der Waals surface area contributed by atoms with E-state index in [0.29, 0.717) is 23.1 Å². The first-order valence-corrected chi connectivity index (χ1v) is 7.57. The predicted octanol–water partition coefficient (Wildman–Crippen LogP) is 2.74. The molecule has 2 heterocycles. The molecule has 0 fully saturated rings. The number of benzene rings is 1. The van der Waals surface area contributed by atoms with Crippen molar-refractivity contribution in [2.75, 3.05) is 11.1 Å². The molecule has 0 radical (unpaired) electrons. The lowest BCUT2D eigenvalue weighted by molar-refractivity contribution is 1.16. The Balaban J connectivity index is 1.86. The zero-order chi connectivity index (χ0) is 14.8. The van der Waals surface area contributed by atoms with Crippen molar-refractivity contribution in [2.45, 2.75) is 19.9 Å². The number of aryl methyl sites for hydroxylation is 1. The zero-order valence-electron chi connectivity index (χ0n) is 11.6. The maximum atomic E-state index is 11.7. The van der Waals surface area contributed by atoms with Crippen molar-refractivity contribution >= 4 is 33.6 Å². The molecule has 0 bridgehead atoms. The fourth-order valence-electron chi connectivity index (χ4n) is 2.17. The summed E-state index contributed by atoms with van der Waals surface area (Å²) in [4.78, 5) is 21.0. The number of nitrogens with one attached hydrogen (secondary N) is 2. The molecule has 3 rings (SSSR count). The third-order valence-electron chi connectivity index (χ3n) is 3.33. The molecule has 0 saturated carbocycles. The minimum absolute atomic E-state index is 0.177. The maximum absolute atomic E-state index is 11.7. The van der Waals surface area contributed by atoms with Crippen molar-refractivity contribution in [3.63, 3.8) is 0 Å². The molecule has 0 saturated heterocycles. The third kappa shape index (κ3) is 2.75.